The van der Waals surface area contributed by atoms with E-state index in [-0.39, 0.29) is 5.91 Å². The molecule has 0 saturated heterocycles. The van der Waals surface area contributed by atoms with Crippen molar-refractivity contribution in [2.75, 3.05) is 0 Å². The maximum absolute atomic E-state index is 12.6. The quantitative estimate of drug-likeness (QED) is 0.240. The van der Waals surface area contributed by atoms with E-state index in [9.17, 15) is 4.79 Å². The molecule has 0 aliphatic rings. The highest BCUT2D eigenvalue weighted by molar-refractivity contribution is 9.39. The van der Waals surface area contributed by atoms with Crippen molar-refractivity contribution in [2.24, 2.45) is 0 Å². The van der Waals surface area contributed by atoms with Crippen molar-refractivity contribution in [3.8, 4) is 0 Å². The highest BCUT2D eigenvalue weighted by Crippen LogP contribution is 2.36. The molecule has 0 fully saturated rings. The van der Waals surface area contributed by atoms with E-state index in [1.54, 1.807) is 12.1 Å². The van der Waals surface area contributed by atoms with Crippen molar-refractivity contribution in [3.63, 3.8) is 0 Å². The molecule has 0 bridgehead atoms. The molecule has 1 atom stereocenters. The number of alkyl halides is 3. The Bertz CT molecular complexity index is 968. The molecular formula is C20H15Br3N2OS. The second kappa shape index (κ2) is 8.82. The Labute approximate surface area is 188 Å². The summed E-state index contributed by atoms with van der Waals surface area (Å²) in [5.74, 6) is -0.212. The van der Waals surface area contributed by atoms with Gasteiger partial charge in [0.1, 0.15) is 11.2 Å². The molecule has 7 heteroatoms. The van der Waals surface area contributed by atoms with Gasteiger partial charge in [0, 0.05) is 11.1 Å². The fraction of sp³-hybridized carbons (Fsp3) is 0.100. The maximum Gasteiger partial charge on any atom is 0.252 e. The summed E-state index contributed by atoms with van der Waals surface area (Å²) in [7, 11) is 0. The number of rotatable bonds is 4. The van der Waals surface area contributed by atoms with Gasteiger partial charge in [0.05, 0.1) is 0 Å². The topological polar surface area (TPSA) is 41.1 Å². The van der Waals surface area contributed by atoms with Crippen molar-refractivity contribution in [3.05, 3.63) is 83.9 Å². The van der Waals surface area contributed by atoms with Gasteiger partial charge in [-0.3, -0.25) is 4.79 Å². The van der Waals surface area contributed by atoms with Gasteiger partial charge in [0.2, 0.25) is 0 Å². The molecule has 0 spiro atoms. The number of halogens is 3. The zero-order chi connectivity index (χ0) is 19.4. The van der Waals surface area contributed by atoms with Crippen LogP contribution in [-0.2, 0) is 0 Å². The number of amides is 1. The van der Waals surface area contributed by atoms with Gasteiger partial charge in [-0.1, -0.05) is 121 Å². The van der Waals surface area contributed by atoms with Crippen LogP contribution >= 0.6 is 60.0 Å². The third-order valence-corrected chi connectivity index (χ3v) is 5.66. The van der Waals surface area contributed by atoms with Gasteiger partial charge in [-0.2, -0.15) is 0 Å². The van der Waals surface area contributed by atoms with E-state index in [1.165, 1.54) is 0 Å². The maximum atomic E-state index is 12.6. The summed E-state index contributed by atoms with van der Waals surface area (Å²) in [5.41, 5.74) is 1.47. The molecule has 0 aliphatic carbocycles. The van der Waals surface area contributed by atoms with Crippen LogP contribution in [0, 0.1) is 0 Å². The van der Waals surface area contributed by atoms with Gasteiger partial charge in [-0.15, -0.1) is 0 Å². The molecule has 3 aromatic carbocycles. The lowest BCUT2D eigenvalue weighted by atomic mass is 10.0. The summed E-state index contributed by atoms with van der Waals surface area (Å²) in [6.07, 6.45) is -0.559. The summed E-state index contributed by atoms with van der Waals surface area (Å²) in [6, 6.07) is 23.0. The van der Waals surface area contributed by atoms with Crippen molar-refractivity contribution >= 4 is 81.7 Å². The Hall–Kier alpha value is -1.28. The third-order valence-electron chi connectivity index (χ3n) is 3.95. The highest BCUT2D eigenvalue weighted by Gasteiger charge is 2.33. The first-order valence-electron chi connectivity index (χ1n) is 8.07. The van der Waals surface area contributed by atoms with Crippen LogP contribution < -0.4 is 10.6 Å². The molecule has 3 nitrogen and oxygen atoms in total. The Morgan fingerprint density at radius 2 is 1.48 bits per heavy atom. The number of fused-ring (bicyclic) bond motifs is 1. The minimum Gasteiger partial charge on any atom is -0.353 e. The van der Waals surface area contributed by atoms with E-state index in [0.717, 1.165) is 16.3 Å². The molecular weight excluding hydrogens is 556 g/mol. The predicted molar refractivity (Wildman–Crippen MR) is 126 cm³/mol. The molecule has 0 saturated carbocycles. The van der Waals surface area contributed by atoms with Crippen LogP contribution in [0.25, 0.3) is 10.8 Å². The smallest absolute Gasteiger partial charge is 0.252 e. The summed E-state index contributed by atoms with van der Waals surface area (Å²) >= 11 is 16.1. The fourth-order valence-electron chi connectivity index (χ4n) is 2.64. The molecule has 0 aromatic heterocycles. The first kappa shape index (κ1) is 20.5. The van der Waals surface area contributed by atoms with Crippen molar-refractivity contribution in [1.29, 1.82) is 0 Å². The summed E-state index contributed by atoms with van der Waals surface area (Å²) in [5, 5.41) is 8.32. The molecule has 3 aromatic rings. The number of nitrogens with one attached hydrogen (secondary N) is 2. The molecule has 138 valence electrons. The van der Waals surface area contributed by atoms with Crippen LogP contribution in [0.1, 0.15) is 15.9 Å². The van der Waals surface area contributed by atoms with E-state index in [0.29, 0.717) is 10.6 Å². The van der Waals surface area contributed by atoms with Crippen LogP contribution in [0.5, 0.6) is 0 Å². The van der Waals surface area contributed by atoms with E-state index in [4.69, 9.17) is 12.2 Å². The second-order valence-corrected chi connectivity index (χ2v) is 13.2. The fourth-order valence-corrected chi connectivity index (χ4v) is 3.62. The second-order valence-electron chi connectivity index (χ2n) is 5.81. The molecule has 27 heavy (non-hydrogen) atoms. The van der Waals surface area contributed by atoms with Gasteiger partial charge in [0.25, 0.3) is 5.91 Å². The van der Waals surface area contributed by atoms with Crippen molar-refractivity contribution in [2.45, 2.75) is 8.31 Å². The molecule has 1 amide bonds. The first-order chi connectivity index (χ1) is 12.9. The van der Waals surface area contributed by atoms with E-state index in [2.05, 4.69) is 58.4 Å². The highest BCUT2D eigenvalue weighted by atomic mass is 80.0. The van der Waals surface area contributed by atoms with Gasteiger partial charge in [0.15, 0.2) is 2.14 Å². The lowest BCUT2D eigenvalue weighted by Crippen LogP contribution is -2.54. The van der Waals surface area contributed by atoms with Crippen LogP contribution in [-0.4, -0.2) is 19.2 Å². The van der Waals surface area contributed by atoms with Crippen LogP contribution in [0.4, 0.5) is 0 Å². The number of carbonyl (C=O) groups is 1. The Balaban J connectivity index is 1.84. The van der Waals surface area contributed by atoms with E-state index in [1.807, 2.05) is 60.7 Å². The summed E-state index contributed by atoms with van der Waals surface area (Å²) < 4.78 is -0.786. The third kappa shape index (κ3) is 5.16. The lowest BCUT2D eigenvalue weighted by Gasteiger charge is -2.29. The molecule has 0 aliphatic heterocycles. The Morgan fingerprint density at radius 3 is 2.19 bits per heavy atom. The summed E-state index contributed by atoms with van der Waals surface area (Å²) in [6.45, 7) is 0. The normalized spacial score (nSPS) is 12.4. The van der Waals surface area contributed by atoms with Crippen LogP contribution in [0.3, 0.4) is 0 Å². The van der Waals surface area contributed by atoms with Crippen LogP contribution in [0.15, 0.2) is 72.8 Å². The van der Waals surface area contributed by atoms with Crippen molar-refractivity contribution < 1.29 is 4.79 Å². The van der Waals surface area contributed by atoms with Gasteiger partial charge in [-0.25, -0.2) is 0 Å². The van der Waals surface area contributed by atoms with Gasteiger partial charge >= 0.3 is 0 Å². The minimum atomic E-state index is -0.786. The van der Waals surface area contributed by atoms with Crippen molar-refractivity contribution in [1.82, 2.24) is 10.6 Å². The van der Waals surface area contributed by atoms with Crippen LogP contribution in [0.2, 0.25) is 0 Å². The zero-order valence-electron chi connectivity index (χ0n) is 14.0. The molecule has 2 N–H and O–H groups in total. The number of hydrogen-bond acceptors (Lipinski definition) is 2. The average molecular weight is 571 g/mol. The monoisotopic (exact) mass is 568 g/mol. The molecule has 0 heterocycles. The van der Waals surface area contributed by atoms with E-state index < -0.39 is 8.31 Å². The largest absolute Gasteiger partial charge is 0.353 e. The Kier molecular flexibility index (Phi) is 6.68. The lowest BCUT2D eigenvalue weighted by molar-refractivity contribution is 0.0936. The molecule has 0 radical (unpaired) electrons. The standard InChI is InChI=1S/C20H15Br3N2OS/c21-20(22,23)19(24-17(26)14-8-2-1-3-9-14)25-18(27)16-12-6-10-13-7-4-5-11-15(13)16/h1-12,19H,(H,24,26)(H,25,27)/t19-/m0/s1. The minimum absolute atomic E-state index is 0.212. The van der Waals surface area contributed by atoms with Gasteiger partial charge in [-0.05, 0) is 22.9 Å². The zero-order valence-corrected chi connectivity index (χ0v) is 19.5. The number of benzene rings is 3. The number of carbonyl (C=O) groups excluding carboxylic acids is 1. The molecule has 3 rings (SSSR count). The number of hydrogen-bond donors (Lipinski definition) is 2. The first-order valence-corrected chi connectivity index (χ1v) is 10.9. The Morgan fingerprint density at radius 1 is 0.852 bits per heavy atom. The van der Waals surface area contributed by atoms with E-state index >= 15 is 0 Å². The molecule has 0 unspecified atom stereocenters. The number of thiocarbonyl (C=S) groups is 1. The summed E-state index contributed by atoms with van der Waals surface area (Å²) in [4.78, 5) is 13.1. The van der Waals surface area contributed by atoms with Gasteiger partial charge < -0.3 is 10.6 Å². The average Bonchev–Trinajstić information content (AvgIpc) is 2.66. The predicted octanol–water partition coefficient (Wildman–Crippen LogP) is 5.70. The SMILES string of the molecule is O=C(N[C@@H](NC(=S)c1cccc2ccccc12)C(Br)(Br)Br)c1ccccc1.